The second-order valence-electron chi connectivity index (χ2n) is 5.23. The minimum Gasteiger partial charge on any atom is -0.654 e. The van der Waals surface area contributed by atoms with E-state index in [-0.39, 0.29) is 0 Å². The number of aromatic nitrogens is 2. The molecular formula is C20H14N3-. The van der Waals surface area contributed by atoms with Gasteiger partial charge in [-0.25, -0.2) is 0 Å². The fourth-order valence-corrected chi connectivity index (χ4v) is 2.55. The summed E-state index contributed by atoms with van der Waals surface area (Å²) in [5.41, 5.74) is 5.71. The summed E-state index contributed by atoms with van der Waals surface area (Å²) in [7, 11) is 0. The van der Waals surface area contributed by atoms with Crippen LogP contribution in [0.3, 0.4) is 0 Å². The Balaban J connectivity index is 1.82. The maximum atomic E-state index is 4.76. The molecule has 23 heavy (non-hydrogen) atoms. The quantitative estimate of drug-likeness (QED) is 0.808. The summed E-state index contributed by atoms with van der Waals surface area (Å²) < 4.78 is 0. The van der Waals surface area contributed by atoms with Gasteiger partial charge in [0.05, 0.1) is 0 Å². The van der Waals surface area contributed by atoms with Crippen molar-refractivity contribution in [2.24, 2.45) is 0 Å². The first-order valence-electron chi connectivity index (χ1n) is 7.47. The zero-order valence-electron chi connectivity index (χ0n) is 12.4. The summed E-state index contributed by atoms with van der Waals surface area (Å²) in [6.45, 7) is 0. The van der Waals surface area contributed by atoms with Crippen molar-refractivity contribution < 1.29 is 0 Å². The Bertz CT molecular complexity index is 798. The highest BCUT2D eigenvalue weighted by Gasteiger charge is 2.07. The molecule has 3 heteroatoms. The van der Waals surface area contributed by atoms with E-state index in [0.29, 0.717) is 0 Å². The van der Waals surface area contributed by atoms with E-state index in [2.05, 4.69) is 34.3 Å². The van der Waals surface area contributed by atoms with Crippen LogP contribution in [0.5, 0.6) is 0 Å². The Labute approximate surface area is 135 Å². The van der Waals surface area contributed by atoms with Gasteiger partial charge in [0.25, 0.3) is 0 Å². The SMILES string of the molecule is C1=CC(=C2C=C(c3ccccn3)[N-]C(c3ccccn3)=C2)C=C1. The summed E-state index contributed by atoms with van der Waals surface area (Å²) in [5.74, 6) is 0. The van der Waals surface area contributed by atoms with Gasteiger partial charge < -0.3 is 5.32 Å². The number of allylic oxidation sites excluding steroid dienone is 8. The average Bonchev–Trinajstić information content (AvgIpc) is 3.18. The van der Waals surface area contributed by atoms with Gasteiger partial charge in [-0.1, -0.05) is 48.6 Å². The Morgan fingerprint density at radius 1 is 0.652 bits per heavy atom. The summed E-state index contributed by atoms with van der Waals surface area (Å²) in [6, 6.07) is 11.7. The fraction of sp³-hybridized carbons (Fsp3) is 0. The first-order valence-corrected chi connectivity index (χ1v) is 7.47. The molecule has 0 radical (unpaired) electrons. The topological polar surface area (TPSA) is 39.9 Å². The third kappa shape index (κ3) is 2.77. The van der Waals surface area contributed by atoms with Crippen molar-refractivity contribution in [3.8, 4) is 0 Å². The van der Waals surface area contributed by atoms with Crippen molar-refractivity contribution in [2.45, 2.75) is 0 Å². The summed E-state index contributed by atoms with van der Waals surface area (Å²) in [4.78, 5) is 8.85. The van der Waals surface area contributed by atoms with Crippen LogP contribution in [0, 0.1) is 0 Å². The minimum absolute atomic E-state index is 0.852. The monoisotopic (exact) mass is 296 g/mol. The normalized spacial score (nSPS) is 16.2. The molecule has 0 saturated carbocycles. The summed E-state index contributed by atoms with van der Waals surface area (Å²) in [6.07, 6.45) is 16.0. The second-order valence-corrected chi connectivity index (χ2v) is 5.23. The molecular weight excluding hydrogens is 282 g/mol. The van der Waals surface area contributed by atoms with Gasteiger partial charge in [-0.3, -0.25) is 9.97 Å². The molecule has 0 N–H and O–H groups in total. The highest BCUT2D eigenvalue weighted by molar-refractivity contribution is 5.95. The third-order valence-corrected chi connectivity index (χ3v) is 3.68. The van der Waals surface area contributed by atoms with Gasteiger partial charge in [-0.15, -0.1) is 11.4 Å². The number of rotatable bonds is 2. The molecule has 3 nitrogen and oxygen atoms in total. The Morgan fingerprint density at radius 2 is 1.22 bits per heavy atom. The molecule has 0 bridgehead atoms. The van der Waals surface area contributed by atoms with Crippen molar-refractivity contribution in [3.05, 3.63) is 113 Å². The second kappa shape index (κ2) is 5.89. The van der Waals surface area contributed by atoms with E-state index in [1.165, 1.54) is 5.57 Å². The molecule has 0 atom stereocenters. The molecule has 0 fully saturated rings. The van der Waals surface area contributed by atoms with Gasteiger partial charge in [0.2, 0.25) is 0 Å². The van der Waals surface area contributed by atoms with Gasteiger partial charge in [-0.05, 0) is 35.4 Å². The summed E-state index contributed by atoms with van der Waals surface area (Å²) >= 11 is 0. The van der Waals surface area contributed by atoms with Crippen LogP contribution in [0.1, 0.15) is 11.4 Å². The molecule has 1 aliphatic carbocycles. The molecule has 0 amide bonds. The molecule has 2 aliphatic rings. The van der Waals surface area contributed by atoms with Crippen LogP contribution in [0.15, 0.2) is 96.4 Å². The minimum atomic E-state index is 0.852. The average molecular weight is 296 g/mol. The highest BCUT2D eigenvalue weighted by atomic mass is 15.0. The van der Waals surface area contributed by atoms with Crippen molar-refractivity contribution in [1.29, 1.82) is 0 Å². The van der Waals surface area contributed by atoms with Crippen molar-refractivity contribution >= 4 is 11.4 Å². The van der Waals surface area contributed by atoms with E-state index in [1.54, 1.807) is 12.4 Å². The van der Waals surface area contributed by atoms with Gasteiger partial charge >= 0.3 is 0 Å². The molecule has 1 aliphatic heterocycles. The smallest absolute Gasteiger partial charge is 0.0483 e. The van der Waals surface area contributed by atoms with Crippen LogP contribution in [0.4, 0.5) is 0 Å². The van der Waals surface area contributed by atoms with Gasteiger partial charge in [0.15, 0.2) is 0 Å². The zero-order valence-corrected chi connectivity index (χ0v) is 12.4. The van der Waals surface area contributed by atoms with Crippen LogP contribution >= 0.6 is 0 Å². The number of nitrogens with zero attached hydrogens (tertiary/aromatic N) is 3. The first kappa shape index (κ1) is 13.5. The predicted octanol–water partition coefficient (Wildman–Crippen LogP) is 4.67. The molecule has 110 valence electrons. The van der Waals surface area contributed by atoms with E-state index in [4.69, 9.17) is 5.32 Å². The van der Waals surface area contributed by atoms with E-state index in [9.17, 15) is 0 Å². The molecule has 3 heterocycles. The van der Waals surface area contributed by atoms with Crippen molar-refractivity contribution in [2.75, 3.05) is 0 Å². The molecule has 0 spiro atoms. The molecule has 2 aromatic heterocycles. The standard InChI is InChI=1S/C20H14N3/c1-2-8-15(7-1)16-13-19(17-9-3-5-11-21-17)23-20(14-16)18-10-4-6-12-22-18/h1-14H/q-1. The zero-order chi connectivity index (χ0) is 15.5. The van der Waals surface area contributed by atoms with Gasteiger partial charge in [0.1, 0.15) is 0 Å². The van der Waals surface area contributed by atoms with Crippen LogP contribution in [0.2, 0.25) is 0 Å². The molecule has 4 rings (SSSR count). The third-order valence-electron chi connectivity index (χ3n) is 3.68. The van der Waals surface area contributed by atoms with E-state index >= 15 is 0 Å². The molecule has 0 aromatic carbocycles. The Kier molecular flexibility index (Phi) is 3.45. The largest absolute Gasteiger partial charge is 0.654 e. The van der Waals surface area contributed by atoms with E-state index in [0.717, 1.165) is 28.4 Å². The van der Waals surface area contributed by atoms with Crippen molar-refractivity contribution in [3.63, 3.8) is 0 Å². The maximum Gasteiger partial charge on any atom is 0.0483 e. The molecule has 0 unspecified atom stereocenters. The van der Waals surface area contributed by atoms with Gasteiger partial charge in [0, 0.05) is 23.8 Å². The van der Waals surface area contributed by atoms with Crippen molar-refractivity contribution in [1.82, 2.24) is 9.97 Å². The molecule has 2 aromatic rings. The summed E-state index contributed by atoms with van der Waals surface area (Å²) in [5, 5.41) is 4.76. The Hall–Kier alpha value is -3.20. The predicted molar refractivity (Wildman–Crippen MR) is 93.1 cm³/mol. The fourth-order valence-electron chi connectivity index (χ4n) is 2.55. The van der Waals surface area contributed by atoms with Gasteiger partial charge in [-0.2, -0.15) is 0 Å². The number of hydrogen-bond acceptors (Lipinski definition) is 2. The lowest BCUT2D eigenvalue weighted by atomic mass is 10.0. The lowest BCUT2D eigenvalue weighted by molar-refractivity contribution is 1.25. The lowest BCUT2D eigenvalue weighted by Gasteiger charge is -2.33. The van der Waals surface area contributed by atoms with Crippen LogP contribution in [-0.2, 0) is 0 Å². The lowest BCUT2D eigenvalue weighted by Crippen LogP contribution is -1.98. The maximum absolute atomic E-state index is 4.76. The van der Waals surface area contributed by atoms with Crippen LogP contribution < -0.4 is 0 Å². The van der Waals surface area contributed by atoms with E-state index < -0.39 is 0 Å². The molecule has 0 saturated heterocycles. The van der Waals surface area contributed by atoms with Crippen LogP contribution in [-0.4, -0.2) is 9.97 Å². The van der Waals surface area contributed by atoms with E-state index in [1.807, 2.05) is 48.6 Å². The van der Waals surface area contributed by atoms with Crippen LogP contribution in [0.25, 0.3) is 16.7 Å². The Morgan fingerprint density at radius 3 is 1.70 bits per heavy atom. The number of pyridine rings is 2. The number of hydrogen-bond donors (Lipinski definition) is 0. The first-order chi connectivity index (χ1) is 11.4. The highest BCUT2D eigenvalue weighted by Crippen LogP contribution is 2.37.